The predicted octanol–water partition coefficient (Wildman–Crippen LogP) is 0.955. The van der Waals surface area contributed by atoms with E-state index in [9.17, 15) is 9.90 Å². The number of ether oxygens (including phenoxy) is 1. The summed E-state index contributed by atoms with van der Waals surface area (Å²) in [4.78, 5) is 19.2. The Morgan fingerprint density at radius 2 is 2.30 bits per heavy atom. The molecule has 2 rings (SSSR count). The van der Waals surface area contributed by atoms with Crippen LogP contribution in [-0.4, -0.2) is 34.3 Å². The number of methoxy groups -OCH3 is 1. The number of carbonyl (C=O) groups is 1. The Hall–Kier alpha value is -2.96. The smallest absolute Gasteiger partial charge is 0.291 e. The van der Waals surface area contributed by atoms with E-state index in [4.69, 9.17) is 4.74 Å². The van der Waals surface area contributed by atoms with Crippen molar-refractivity contribution in [2.45, 2.75) is 0 Å². The standard InChI is InChI=1S/C13H12N4O3/c1-20-11-4-2-3-9(12(11)18)7-16-17-13(19)10-8-14-5-6-15-10/h2-8,18H,1H3,(H,17,19)/b16-7-. The largest absolute Gasteiger partial charge is 0.504 e. The second-order valence-electron chi connectivity index (χ2n) is 3.69. The predicted molar refractivity (Wildman–Crippen MR) is 71.8 cm³/mol. The topological polar surface area (TPSA) is 96.7 Å². The third-order valence-electron chi connectivity index (χ3n) is 2.42. The zero-order chi connectivity index (χ0) is 14.4. The number of nitrogens with zero attached hydrogens (tertiary/aromatic N) is 3. The number of phenolic OH excluding ortho intramolecular Hbond substituents is 1. The minimum Gasteiger partial charge on any atom is -0.504 e. The Morgan fingerprint density at radius 3 is 3.00 bits per heavy atom. The zero-order valence-corrected chi connectivity index (χ0v) is 10.6. The lowest BCUT2D eigenvalue weighted by atomic mass is 10.2. The van der Waals surface area contributed by atoms with E-state index in [0.29, 0.717) is 11.3 Å². The molecule has 2 N–H and O–H groups in total. The molecule has 0 unspecified atom stereocenters. The van der Waals surface area contributed by atoms with Gasteiger partial charge >= 0.3 is 0 Å². The van der Waals surface area contributed by atoms with Crippen LogP contribution in [0.3, 0.4) is 0 Å². The van der Waals surface area contributed by atoms with Gasteiger partial charge in [-0.25, -0.2) is 10.4 Å². The van der Waals surface area contributed by atoms with Crippen molar-refractivity contribution in [2.24, 2.45) is 5.10 Å². The van der Waals surface area contributed by atoms with E-state index >= 15 is 0 Å². The SMILES string of the molecule is COc1cccc(/C=N\NC(=O)c2cnccn2)c1O. The Morgan fingerprint density at radius 1 is 1.45 bits per heavy atom. The number of phenols is 1. The number of para-hydroxylation sites is 1. The fourth-order valence-corrected chi connectivity index (χ4v) is 1.44. The molecule has 0 fully saturated rings. The van der Waals surface area contributed by atoms with E-state index in [0.717, 1.165) is 0 Å². The summed E-state index contributed by atoms with van der Waals surface area (Å²) in [6, 6.07) is 4.95. The molecule has 0 saturated heterocycles. The van der Waals surface area contributed by atoms with Crippen molar-refractivity contribution in [3.63, 3.8) is 0 Å². The van der Waals surface area contributed by atoms with Crippen LogP contribution in [0.15, 0.2) is 41.9 Å². The van der Waals surface area contributed by atoms with Gasteiger partial charge in [-0.3, -0.25) is 9.78 Å². The molecular weight excluding hydrogens is 260 g/mol. The average molecular weight is 272 g/mol. The molecule has 1 amide bonds. The monoisotopic (exact) mass is 272 g/mol. The van der Waals surface area contributed by atoms with Gasteiger partial charge in [-0.1, -0.05) is 6.07 Å². The number of hydrogen-bond donors (Lipinski definition) is 2. The molecule has 0 aliphatic heterocycles. The molecule has 0 saturated carbocycles. The summed E-state index contributed by atoms with van der Waals surface area (Å²) in [6.07, 6.45) is 5.51. The Kier molecular flexibility index (Phi) is 4.23. The van der Waals surface area contributed by atoms with Gasteiger partial charge in [0.05, 0.1) is 19.5 Å². The van der Waals surface area contributed by atoms with Crippen molar-refractivity contribution >= 4 is 12.1 Å². The lowest BCUT2D eigenvalue weighted by Gasteiger charge is -2.04. The van der Waals surface area contributed by atoms with Crippen molar-refractivity contribution in [2.75, 3.05) is 7.11 Å². The highest BCUT2D eigenvalue weighted by Gasteiger charge is 2.06. The Labute approximate surface area is 115 Å². The molecule has 20 heavy (non-hydrogen) atoms. The summed E-state index contributed by atoms with van der Waals surface area (Å²) < 4.78 is 4.97. The van der Waals surface area contributed by atoms with Gasteiger partial charge in [-0.15, -0.1) is 0 Å². The number of carbonyl (C=O) groups excluding carboxylic acids is 1. The fraction of sp³-hybridized carbons (Fsp3) is 0.0769. The molecule has 0 aliphatic carbocycles. The van der Waals surface area contributed by atoms with E-state index in [1.54, 1.807) is 18.2 Å². The summed E-state index contributed by atoms with van der Waals surface area (Å²) in [5, 5.41) is 13.6. The van der Waals surface area contributed by atoms with Crippen LogP contribution in [0.5, 0.6) is 11.5 Å². The molecule has 0 spiro atoms. The minimum atomic E-state index is -0.489. The van der Waals surface area contributed by atoms with Crippen LogP contribution in [0.4, 0.5) is 0 Å². The van der Waals surface area contributed by atoms with Crippen LogP contribution in [-0.2, 0) is 0 Å². The van der Waals surface area contributed by atoms with Gasteiger partial charge in [0.25, 0.3) is 5.91 Å². The van der Waals surface area contributed by atoms with Crippen molar-refractivity contribution in [3.8, 4) is 11.5 Å². The van der Waals surface area contributed by atoms with Crippen molar-refractivity contribution in [1.29, 1.82) is 0 Å². The molecule has 0 radical (unpaired) electrons. The van der Waals surface area contributed by atoms with E-state index in [1.165, 1.54) is 31.9 Å². The van der Waals surface area contributed by atoms with Crippen LogP contribution < -0.4 is 10.2 Å². The van der Waals surface area contributed by atoms with Crippen molar-refractivity contribution in [3.05, 3.63) is 48.0 Å². The maximum Gasteiger partial charge on any atom is 0.291 e. The van der Waals surface area contributed by atoms with E-state index in [1.807, 2.05) is 0 Å². The number of aromatic nitrogens is 2. The fourth-order valence-electron chi connectivity index (χ4n) is 1.44. The normalized spacial score (nSPS) is 10.4. The van der Waals surface area contributed by atoms with Gasteiger partial charge in [0, 0.05) is 18.0 Å². The summed E-state index contributed by atoms with van der Waals surface area (Å²) >= 11 is 0. The van der Waals surface area contributed by atoms with Gasteiger partial charge in [-0.2, -0.15) is 5.10 Å². The molecule has 1 aromatic heterocycles. The highest BCUT2D eigenvalue weighted by atomic mass is 16.5. The highest BCUT2D eigenvalue weighted by molar-refractivity contribution is 5.93. The third-order valence-corrected chi connectivity index (χ3v) is 2.42. The average Bonchev–Trinajstić information content (AvgIpc) is 2.49. The molecule has 1 aromatic carbocycles. The quantitative estimate of drug-likeness (QED) is 0.638. The molecule has 1 heterocycles. The third kappa shape index (κ3) is 3.08. The minimum absolute atomic E-state index is 0.0486. The summed E-state index contributed by atoms with van der Waals surface area (Å²) in [5.41, 5.74) is 2.86. The van der Waals surface area contributed by atoms with Gasteiger partial charge < -0.3 is 9.84 Å². The van der Waals surface area contributed by atoms with Crippen LogP contribution >= 0.6 is 0 Å². The number of benzene rings is 1. The van der Waals surface area contributed by atoms with Gasteiger partial charge in [0.2, 0.25) is 0 Å². The zero-order valence-electron chi connectivity index (χ0n) is 10.6. The lowest BCUT2D eigenvalue weighted by molar-refractivity contribution is 0.0949. The first-order valence-corrected chi connectivity index (χ1v) is 5.67. The number of amides is 1. The van der Waals surface area contributed by atoms with Crippen molar-refractivity contribution in [1.82, 2.24) is 15.4 Å². The molecule has 7 nitrogen and oxygen atoms in total. The van der Waals surface area contributed by atoms with Crippen LogP contribution in [0.2, 0.25) is 0 Å². The molecule has 0 aliphatic rings. The van der Waals surface area contributed by atoms with Gasteiger partial charge in [0.15, 0.2) is 11.5 Å². The number of aromatic hydroxyl groups is 1. The molecule has 7 heteroatoms. The second-order valence-corrected chi connectivity index (χ2v) is 3.69. The first-order chi connectivity index (χ1) is 9.72. The maximum atomic E-state index is 11.6. The molecular formula is C13H12N4O3. The number of hydrogen-bond acceptors (Lipinski definition) is 6. The maximum absolute atomic E-state index is 11.6. The lowest BCUT2D eigenvalue weighted by Crippen LogP contribution is -2.19. The van der Waals surface area contributed by atoms with Crippen LogP contribution in [0, 0.1) is 0 Å². The summed E-state index contributed by atoms with van der Waals surface area (Å²) in [5.74, 6) is -0.210. The first kappa shape index (κ1) is 13.5. The molecule has 0 bridgehead atoms. The Balaban J connectivity index is 2.06. The van der Waals surface area contributed by atoms with Crippen LogP contribution in [0.1, 0.15) is 16.1 Å². The first-order valence-electron chi connectivity index (χ1n) is 5.67. The highest BCUT2D eigenvalue weighted by Crippen LogP contribution is 2.27. The van der Waals surface area contributed by atoms with Crippen LogP contribution in [0.25, 0.3) is 0 Å². The molecule has 0 atom stereocenters. The number of hydrazone groups is 1. The summed E-state index contributed by atoms with van der Waals surface area (Å²) in [7, 11) is 1.45. The van der Waals surface area contributed by atoms with E-state index in [-0.39, 0.29) is 11.4 Å². The van der Waals surface area contributed by atoms with E-state index < -0.39 is 5.91 Å². The van der Waals surface area contributed by atoms with E-state index in [2.05, 4.69) is 20.5 Å². The second kappa shape index (κ2) is 6.28. The molecule has 102 valence electrons. The van der Waals surface area contributed by atoms with Gasteiger partial charge in [-0.05, 0) is 12.1 Å². The number of nitrogens with one attached hydrogen (secondary N) is 1. The Bertz CT molecular complexity index is 629. The van der Waals surface area contributed by atoms with Crippen molar-refractivity contribution < 1.29 is 14.6 Å². The molecule has 2 aromatic rings. The summed E-state index contributed by atoms with van der Waals surface area (Å²) in [6.45, 7) is 0. The number of rotatable bonds is 4. The van der Waals surface area contributed by atoms with Gasteiger partial charge in [0.1, 0.15) is 5.69 Å².